The number of carbonyl (C=O) groups excluding carboxylic acids is 1. The number of amides is 1. The van der Waals surface area contributed by atoms with E-state index in [-0.39, 0.29) is 36.5 Å². The van der Waals surface area contributed by atoms with Crippen LogP contribution >= 0.6 is 12.4 Å². The lowest BCUT2D eigenvalue weighted by molar-refractivity contribution is -0.123. The lowest BCUT2D eigenvalue weighted by Gasteiger charge is -2.30. The smallest absolute Gasteiger partial charge is 0.237 e. The third kappa shape index (κ3) is 6.79. The van der Waals surface area contributed by atoms with E-state index in [1.807, 2.05) is 6.07 Å². The molecule has 5 nitrogen and oxygen atoms in total. The summed E-state index contributed by atoms with van der Waals surface area (Å²) >= 11 is 0. The van der Waals surface area contributed by atoms with Crippen LogP contribution in [0, 0.1) is 0 Å². The van der Waals surface area contributed by atoms with Crippen molar-refractivity contribution in [2.45, 2.75) is 50.1 Å². The summed E-state index contributed by atoms with van der Waals surface area (Å²) < 4.78 is 22.3. The Labute approximate surface area is 150 Å². The summed E-state index contributed by atoms with van der Waals surface area (Å²) in [7, 11) is -3.08. The number of sulfone groups is 1. The average molecular weight is 375 g/mol. The van der Waals surface area contributed by atoms with Gasteiger partial charge in [-0.05, 0) is 43.6 Å². The zero-order chi connectivity index (χ0) is 16.9. The van der Waals surface area contributed by atoms with Crippen molar-refractivity contribution in [1.82, 2.24) is 5.32 Å². The van der Waals surface area contributed by atoms with Crippen molar-refractivity contribution in [2.75, 3.05) is 12.0 Å². The van der Waals surface area contributed by atoms with Crippen LogP contribution in [0.2, 0.25) is 0 Å². The summed E-state index contributed by atoms with van der Waals surface area (Å²) in [6, 6.07) is 9.85. The first-order valence-corrected chi connectivity index (χ1v) is 10.2. The van der Waals surface area contributed by atoms with Crippen LogP contribution in [0.25, 0.3) is 0 Å². The van der Waals surface area contributed by atoms with E-state index < -0.39 is 15.9 Å². The number of nitrogens with one attached hydrogen (secondary N) is 1. The number of halogens is 1. The van der Waals surface area contributed by atoms with Gasteiger partial charge in [-0.2, -0.15) is 0 Å². The van der Waals surface area contributed by atoms with Crippen molar-refractivity contribution in [2.24, 2.45) is 5.73 Å². The molecule has 1 aromatic rings. The molecule has 136 valence electrons. The lowest BCUT2D eigenvalue weighted by atomic mass is 9.81. The average Bonchev–Trinajstić information content (AvgIpc) is 2.53. The zero-order valence-corrected chi connectivity index (χ0v) is 15.6. The standard InChI is InChI=1S/C17H26N2O3S.ClH/c1-23(21,22)12-11-16(18)17(20)19-15-9-7-14(8-10-15)13-5-3-2-4-6-13;/h2-6,14-16H,7-12,18H2,1H3,(H,19,20);1H. The molecule has 1 unspecified atom stereocenters. The molecule has 0 aromatic heterocycles. The Bertz CT molecular complexity index is 614. The Balaban J connectivity index is 0.00000288. The number of carbonyl (C=O) groups is 1. The van der Waals surface area contributed by atoms with E-state index in [0.29, 0.717) is 5.92 Å². The van der Waals surface area contributed by atoms with Crippen LogP contribution in [-0.2, 0) is 14.6 Å². The topological polar surface area (TPSA) is 89.3 Å². The monoisotopic (exact) mass is 374 g/mol. The number of nitrogens with two attached hydrogens (primary N) is 1. The zero-order valence-electron chi connectivity index (χ0n) is 14.0. The first-order chi connectivity index (χ1) is 10.8. The number of hydrogen-bond acceptors (Lipinski definition) is 4. The fourth-order valence-electron chi connectivity index (χ4n) is 3.08. The molecule has 7 heteroatoms. The SMILES string of the molecule is CS(=O)(=O)CCC(N)C(=O)NC1CCC(c2ccccc2)CC1.Cl. The van der Waals surface area contributed by atoms with Gasteiger partial charge >= 0.3 is 0 Å². The third-order valence-electron chi connectivity index (χ3n) is 4.48. The van der Waals surface area contributed by atoms with Crippen molar-refractivity contribution >= 4 is 28.2 Å². The van der Waals surface area contributed by atoms with Crippen LogP contribution < -0.4 is 11.1 Å². The normalized spacial score (nSPS) is 22.2. The maximum absolute atomic E-state index is 12.0. The molecule has 0 saturated heterocycles. The summed E-state index contributed by atoms with van der Waals surface area (Å²) in [4.78, 5) is 12.0. The number of hydrogen-bond donors (Lipinski definition) is 2. The van der Waals surface area contributed by atoms with Gasteiger partial charge in [-0.15, -0.1) is 12.4 Å². The van der Waals surface area contributed by atoms with E-state index in [0.717, 1.165) is 31.9 Å². The van der Waals surface area contributed by atoms with E-state index in [1.165, 1.54) is 5.56 Å². The van der Waals surface area contributed by atoms with E-state index in [1.54, 1.807) is 0 Å². The molecule has 1 aromatic carbocycles. The number of rotatable bonds is 6. The maximum atomic E-state index is 12.0. The first-order valence-electron chi connectivity index (χ1n) is 8.14. The van der Waals surface area contributed by atoms with Gasteiger partial charge in [-0.25, -0.2) is 8.42 Å². The molecule has 1 amide bonds. The van der Waals surface area contributed by atoms with Gasteiger partial charge in [0.1, 0.15) is 9.84 Å². The van der Waals surface area contributed by atoms with Crippen molar-refractivity contribution in [3.63, 3.8) is 0 Å². The molecular formula is C17H27ClN2O3S. The second kappa shape index (κ2) is 9.39. The fourth-order valence-corrected chi connectivity index (χ4v) is 3.76. The van der Waals surface area contributed by atoms with E-state index in [2.05, 4.69) is 29.6 Å². The van der Waals surface area contributed by atoms with Crippen molar-refractivity contribution in [1.29, 1.82) is 0 Å². The minimum Gasteiger partial charge on any atom is -0.352 e. The molecule has 2 rings (SSSR count). The van der Waals surface area contributed by atoms with Crippen molar-refractivity contribution in [3.05, 3.63) is 35.9 Å². The second-order valence-electron chi connectivity index (χ2n) is 6.49. The van der Waals surface area contributed by atoms with Gasteiger partial charge in [-0.1, -0.05) is 30.3 Å². The van der Waals surface area contributed by atoms with E-state index in [4.69, 9.17) is 5.73 Å². The molecule has 1 fully saturated rings. The minimum atomic E-state index is -3.08. The van der Waals surface area contributed by atoms with Gasteiger partial charge in [0.25, 0.3) is 0 Å². The van der Waals surface area contributed by atoms with E-state index in [9.17, 15) is 13.2 Å². The molecule has 1 atom stereocenters. The highest BCUT2D eigenvalue weighted by Crippen LogP contribution is 2.32. The predicted octanol–water partition coefficient (Wildman–Crippen LogP) is 2.01. The number of benzene rings is 1. The maximum Gasteiger partial charge on any atom is 0.237 e. The minimum absolute atomic E-state index is 0. The van der Waals surface area contributed by atoms with Gasteiger partial charge in [0.2, 0.25) is 5.91 Å². The van der Waals surface area contributed by atoms with Gasteiger partial charge in [-0.3, -0.25) is 4.79 Å². The van der Waals surface area contributed by atoms with Crippen molar-refractivity contribution in [3.8, 4) is 0 Å². The lowest BCUT2D eigenvalue weighted by Crippen LogP contribution is -2.47. The molecular weight excluding hydrogens is 348 g/mol. The summed E-state index contributed by atoms with van der Waals surface area (Å²) in [6.45, 7) is 0. The molecule has 0 aliphatic heterocycles. The highest BCUT2D eigenvalue weighted by Gasteiger charge is 2.25. The van der Waals surface area contributed by atoms with E-state index >= 15 is 0 Å². The summed E-state index contributed by atoms with van der Waals surface area (Å²) in [5, 5.41) is 2.97. The van der Waals surface area contributed by atoms with Gasteiger partial charge in [0.15, 0.2) is 0 Å². The Hall–Kier alpha value is -1.11. The molecule has 1 aliphatic rings. The largest absolute Gasteiger partial charge is 0.352 e. The molecule has 3 N–H and O–H groups in total. The molecule has 0 heterocycles. The fraction of sp³-hybridized carbons (Fsp3) is 0.588. The van der Waals surface area contributed by atoms with Crippen LogP contribution in [0.1, 0.15) is 43.6 Å². The Kier molecular flexibility index (Phi) is 8.19. The quantitative estimate of drug-likeness (QED) is 0.797. The highest BCUT2D eigenvalue weighted by molar-refractivity contribution is 7.90. The Morgan fingerprint density at radius 3 is 2.33 bits per heavy atom. The van der Waals surface area contributed by atoms with Crippen LogP contribution in [0.15, 0.2) is 30.3 Å². The summed E-state index contributed by atoms with van der Waals surface area (Å²) in [6.07, 6.45) is 5.29. The van der Waals surface area contributed by atoms with Crippen LogP contribution in [0.4, 0.5) is 0 Å². The Morgan fingerprint density at radius 1 is 1.21 bits per heavy atom. The van der Waals surface area contributed by atoms with Gasteiger partial charge in [0.05, 0.1) is 11.8 Å². The van der Waals surface area contributed by atoms with Gasteiger partial charge < -0.3 is 11.1 Å². The first kappa shape index (κ1) is 20.9. The summed E-state index contributed by atoms with van der Waals surface area (Å²) in [5.41, 5.74) is 7.15. The van der Waals surface area contributed by atoms with Crippen molar-refractivity contribution < 1.29 is 13.2 Å². The second-order valence-corrected chi connectivity index (χ2v) is 8.75. The Morgan fingerprint density at radius 2 is 1.79 bits per heavy atom. The summed E-state index contributed by atoms with van der Waals surface area (Å²) in [5.74, 6) is 0.266. The molecule has 0 radical (unpaired) electrons. The van der Waals surface area contributed by atoms with Crippen LogP contribution in [-0.4, -0.2) is 38.4 Å². The third-order valence-corrected chi connectivity index (χ3v) is 5.46. The molecule has 0 bridgehead atoms. The van der Waals surface area contributed by atoms with Gasteiger partial charge in [0, 0.05) is 12.3 Å². The highest BCUT2D eigenvalue weighted by atomic mass is 35.5. The molecule has 0 spiro atoms. The molecule has 1 saturated carbocycles. The molecule has 24 heavy (non-hydrogen) atoms. The van der Waals surface area contributed by atoms with Crippen LogP contribution in [0.5, 0.6) is 0 Å². The molecule has 1 aliphatic carbocycles. The van der Waals surface area contributed by atoms with Crippen LogP contribution in [0.3, 0.4) is 0 Å². The predicted molar refractivity (Wildman–Crippen MR) is 99.1 cm³/mol.